The van der Waals surface area contributed by atoms with Crippen molar-refractivity contribution in [1.29, 1.82) is 0 Å². The molecule has 0 atom stereocenters. The first-order valence-corrected chi connectivity index (χ1v) is 15.2. The molecule has 0 spiro atoms. The van der Waals surface area contributed by atoms with Crippen LogP contribution in [-0.4, -0.2) is 51.8 Å². The van der Waals surface area contributed by atoms with Crippen LogP contribution < -0.4 is 19.7 Å². The van der Waals surface area contributed by atoms with E-state index in [1.807, 2.05) is 36.4 Å². The predicted octanol–water partition coefficient (Wildman–Crippen LogP) is 5.04. The second kappa shape index (κ2) is 12.7. The van der Waals surface area contributed by atoms with E-state index in [4.69, 9.17) is 9.47 Å². The maximum Gasteiger partial charge on any atom is 0.258 e. The van der Waals surface area contributed by atoms with Crippen LogP contribution in [-0.2, 0) is 27.8 Å². The highest BCUT2D eigenvalue weighted by Crippen LogP contribution is 2.32. The number of nitrogens with zero attached hydrogens (tertiary/aromatic N) is 2. The molecule has 0 bridgehead atoms. The highest BCUT2D eigenvalue weighted by molar-refractivity contribution is 7.89. The Morgan fingerprint density at radius 2 is 1.65 bits per heavy atom. The van der Waals surface area contributed by atoms with Gasteiger partial charge in [0.25, 0.3) is 5.91 Å². The van der Waals surface area contributed by atoms with Crippen molar-refractivity contribution in [3.63, 3.8) is 0 Å². The van der Waals surface area contributed by atoms with E-state index < -0.39 is 22.5 Å². The monoisotopic (exact) mass is 599 g/mol. The summed E-state index contributed by atoms with van der Waals surface area (Å²) < 4.78 is 39.2. The number of ether oxygens (including phenoxy) is 2. The van der Waals surface area contributed by atoms with Gasteiger partial charge in [0.15, 0.2) is 0 Å². The largest absolute Gasteiger partial charge is 0.497 e. The minimum Gasteiger partial charge on any atom is -0.497 e. The van der Waals surface area contributed by atoms with Crippen LogP contribution in [0.15, 0.2) is 95.9 Å². The lowest BCUT2D eigenvalue weighted by Crippen LogP contribution is -2.37. The first-order valence-electron chi connectivity index (χ1n) is 13.8. The average molecular weight is 600 g/mol. The number of fused-ring (bicyclic) bond motifs is 1. The van der Waals surface area contributed by atoms with Crippen molar-refractivity contribution >= 4 is 33.2 Å². The van der Waals surface area contributed by atoms with Crippen LogP contribution in [0.1, 0.15) is 27.0 Å². The molecule has 0 saturated carbocycles. The second-order valence-corrected chi connectivity index (χ2v) is 12.2. The van der Waals surface area contributed by atoms with Gasteiger partial charge >= 0.3 is 0 Å². The average Bonchev–Trinajstić information content (AvgIpc) is 3.44. The lowest BCUT2D eigenvalue weighted by atomic mass is 10.1. The summed E-state index contributed by atoms with van der Waals surface area (Å²) >= 11 is 0. The normalized spacial score (nSPS) is 12.6. The number of aryl methyl sites for hydroxylation is 1. The zero-order valence-corrected chi connectivity index (χ0v) is 25.1. The number of rotatable bonds is 10. The Morgan fingerprint density at radius 1 is 0.907 bits per heavy atom. The Bertz CT molecular complexity index is 1740. The van der Waals surface area contributed by atoms with Crippen LogP contribution in [0.5, 0.6) is 11.5 Å². The Labute approximate surface area is 251 Å². The standard InChI is InChI=1S/C33H33N3O6S/c1-23-19-29(15-16-31(23)42-3)43(39,40)35(21-24-7-5-4-6-8-24)22-32(37)34-27-12-9-25-17-18-36(30(25)20-27)33(38)26-10-13-28(41-2)14-11-26/h4-16,19-20H,17-18,21-22H2,1-3H3,(H,34,37). The van der Waals surface area contributed by atoms with Crippen LogP contribution in [0.3, 0.4) is 0 Å². The van der Waals surface area contributed by atoms with Gasteiger partial charge in [0.2, 0.25) is 15.9 Å². The third-order valence-corrected chi connectivity index (χ3v) is 9.16. The van der Waals surface area contributed by atoms with Gasteiger partial charge in [-0.05, 0) is 84.6 Å². The van der Waals surface area contributed by atoms with Gasteiger partial charge in [0.05, 0.1) is 25.7 Å². The van der Waals surface area contributed by atoms with E-state index >= 15 is 0 Å². The number of benzene rings is 4. The number of sulfonamides is 1. The van der Waals surface area contributed by atoms with Crippen molar-refractivity contribution in [3.8, 4) is 11.5 Å². The highest BCUT2D eigenvalue weighted by atomic mass is 32.2. The van der Waals surface area contributed by atoms with E-state index in [1.54, 1.807) is 67.5 Å². The quantitative estimate of drug-likeness (QED) is 0.274. The molecular formula is C33H33N3O6S. The summed E-state index contributed by atoms with van der Waals surface area (Å²) in [6, 6.07) is 26.1. The lowest BCUT2D eigenvalue weighted by Gasteiger charge is -2.23. The molecule has 0 radical (unpaired) electrons. The minimum atomic E-state index is -4.04. The molecule has 1 N–H and O–H groups in total. The third-order valence-electron chi connectivity index (χ3n) is 7.37. The van der Waals surface area contributed by atoms with Gasteiger partial charge in [-0.1, -0.05) is 36.4 Å². The van der Waals surface area contributed by atoms with Crippen LogP contribution >= 0.6 is 0 Å². The Kier molecular flexibility index (Phi) is 8.79. The lowest BCUT2D eigenvalue weighted by molar-refractivity contribution is -0.116. The predicted molar refractivity (Wildman–Crippen MR) is 165 cm³/mol. The van der Waals surface area contributed by atoms with Gasteiger partial charge < -0.3 is 19.7 Å². The molecule has 9 nitrogen and oxygen atoms in total. The number of carbonyl (C=O) groups excluding carboxylic acids is 2. The van der Waals surface area contributed by atoms with E-state index in [2.05, 4.69) is 5.32 Å². The molecule has 1 aliphatic rings. The van der Waals surface area contributed by atoms with Crippen LogP contribution in [0.4, 0.5) is 11.4 Å². The molecule has 43 heavy (non-hydrogen) atoms. The molecule has 2 amide bonds. The number of hydrogen-bond acceptors (Lipinski definition) is 6. The maximum atomic E-state index is 13.8. The zero-order chi connectivity index (χ0) is 30.6. The fourth-order valence-corrected chi connectivity index (χ4v) is 6.56. The Balaban J connectivity index is 1.36. The molecular weight excluding hydrogens is 566 g/mol. The van der Waals surface area contributed by atoms with Gasteiger partial charge in [0.1, 0.15) is 11.5 Å². The van der Waals surface area contributed by atoms with Crippen molar-refractivity contribution in [2.45, 2.75) is 24.8 Å². The molecule has 0 saturated heterocycles. The highest BCUT2D eigenvalue weighted by Gasteiger charge is 2.29. The SMILES string of the molecule is COc1ccc(C(=O)N2CCc3ccc(NC(=O)CN(Cc4ccccc4)S(=O)(=O)c4ccc(OC)c(C)c4)cc32)cc1. The van der Waals surface area contributed by atoms with Crippen LogP contribution in [0.25, 0.3) is 0 Å². The fraction of sp³-hybridized carbons (Fsp3) is 0.212. The Hall–Kier alpha value is -4.67. The summed E-state index contributed by atoms with van der Waals surface area (Å²) in [5.41, 5.74) is 4.10. The summed E-state index contributed by atoms with van der Waals surface area (Å²) in [7, 11) is -0.952. The minimum absolute atomic E-state index is 0.00992. The summed E-state index contributed by atoms with van der Waals surface area (Å²) in [5.74, 6) is 0.576. The van der Waals surface area contributed by atoms with Crippen molar-refractivity contribution in [2.75, 3.05) is 37.5 Å². The number of methoxy groups -OCH3 is 2. The van der Waals surface area contributed by atoms with Gasteiger partial charge in [0, 0.05) is 30.0 Å². The smallest absolute Gasteiger partial charge is 0.258 e. The Morgan fingerprint density at radius 3 is 2.33 bits per heavy atom. The summed E-state index contributed by atoms with van der Waals surface area (Å²) in [4.78, 5) is 28.4. The van der Waals surface area contributed by atoms with Crippen molar-refractivity contribution in [1.82, 2.24) is 4.31 Å². The van der Waals surface area contributed by atoms with E-state index in [0.717, 1.165) is 15.4 Å². The van der Waals surface area contributed by atoms with Gasteiger partial charge in [-0.25, -0.2) is 8.42 Å². The summed E-state index contributed by atoms with van der Waals surface area (Å²) in [6.45, 7) is 1.88. The number of anilines is 2. The third kappa shape index (κ3) is 6.55. The van der Waals surface area contributed by atoms with Gasteiger partial charge in [-0.2, -0.15) is 4.31 Å². The fourth-order valence-electron chi connectivity index (χ4n) is 5.09. The summed E-state index contributed by atoms with van der Waals surface area (Å²) in [5, 5.41) is 2.84. The van der Waals surface area contributed by atoms with E-state index in [0.29, 0.717) is 47.0 Å². The molecule has 5 rings (SSSR count). The van der Waals surface area contributed by atoms with Crippen LogP contribution in [0.2, 0.25) is 0 Å². The molecule has 4 aromatic rings. The van der Waals surface area contributed by atoms with E-state index in [1.165, 1.54) is 13.2 Å². The van der Waals surface area contributed by atoms with Crippen molar-refractivity contribution in [2.24, 2.45) is 0 Å². The molecule has 0 aromatic heterocycles. The van der Waals surface area contributed by atoms with Crippen molar-refractivity contribution < 1.29 is 27.5 Å². The van der Waals surface area contributed by atoms with E-state index in [9.17, 15) is 18.0 Å². The van der Waals surface area contributed by atoms with Crippen molar-refractivity contribution in [3.05, 3.63) is 113 Å². The molecule has 0 unspecified atom stereocenters. The number of carbonyl (C=O) groups is 2. The molecule has 0 fully saturated rings. The summed E-state index contributed by atoms with van der Waals surface area (Å²) in [6.07, 6.45) is 0.690. The van der Waals surface area contributed by atoms with E-state index in [-0.39, 0.29) is 17.3 Å². The molecule has 222 valence electrons. The molecule has 1 heterocycles. The molecule has 1 aliphatic heterocycles. The first kappa shape index (κ1) is 29.8. The first-order chi connectivity index (χ1) is 20.7. The zero-order valence-electron chi connectivity index (χ0n) is 24.2. The maximum absolute atomic E-state index is 13.8. The molecule has 0 aliphatic carbocycles. The number of amides is 2. The topological polar surface area (TPSA) is 105 Å². The number of hydrogen-bond donors (Lipinski definition) is 1. The van der Waals surface area contributed by atoms with Gasteiger partial charge in [-0.15, -0.1) is 0 Å². The molecule has 4 aromatic carbocycles. The van der Waals surface area contributed by atoms with Crippen LogP contribution in [0, 0.1) is 6.92 Å². The second-order valence-electron chi connectivity index (χ2n) is 10.2. The number of nitrogens with one attached hydrogen (secondary N) is 1. The van der Waals surface area contributed by atoms with Gasteiger partial charge in [-0.3, -0.25) is 9.59 Å². The molecule has 10 heteroatoms.